The van der Waals surface area contributed by atoms with Crippen LogP contribution in [0.3, 0.4) is 0 Å². The number of nitrogens with one attached hydrogen (secondary N) is 2. The Morgan fingerprint density at radius 1 is 0.911 bits per heavy atom. The molecule has 1 unspecified atom stereocenters. The summed E-state index contributed by atoms with van der Waals surface area (Å²) in [7, 11) is -7.79. The van der Waals surface area contributed by atoms with Gasteiger partial charge in [0.05, 0.1) is 11.2 Å². The number of nitrogens with zero attached hydrogens (tertiary/aromatic N) is 1. The summed E-state index contributed by atoms with van der Waals surface area (Å²) in [5.74, 6) is -1.78. The van der Waals surface area contributed by atoms with E-state index < -0.39 is 59.9 Å². The largest absolute Gasteiger partial charge is 0.435 e. The summed E-state index contributed by atoms with van der Waals surface area (Å²) in [5.41, 5.74) is -7.90. The predicted octanol–water partition coefficient (Wildman–Crippen LogP) is 5.25. The third-order valence-corrected chi connectivity index (χ3v) is 13.3. The molecule has 17 heteroatoms. The molecule has 3 atom stereocenters. The molecule has 1 saturated carbocycles. The van der Waals surface area contributed by atoms with Crippen LogP contribution in [-0.2, 0) is 30.3 Å². The lowest BCUT2D eigenvalue weighted by atomic mass is 9.79. The first-order valence-corrected chi connectivity index (χ1v) is 17.5. The molecule has 0 radical (unpaired) electrons. The average molecular weight is 690 g/mol. The van der Waals surface area contributed by atoms with Crippen LogP contribution in [0.25, 0.3) is 0 Å². The van der Waals surface area contributed by atoms with Crippen LogP contribution in [0.5, 0.6) is 0 Å². The zero-order valence-electron chi connectivity index (χ0n) is 23.9. The van der Waals surface area contributed by atoms with Crippen molar-refractivity contribution in [1.82, 2.24) is 9.62 Å². The van der Waals surface area contributed by atoms with E-state index in [1.807, 2.05) is 0 Å². The van der Waals surface area contributed by atoms with Crippen LogP contribution in [-0.4, -0.2) is 72.0 Å². The number of benzene rings is 2. The smallest absolute Gasteiger partial charge is 0.384 e. The maximum atomic E-state index is 15.0. The lowest BCUT2D eigenvalue weighted by Gasteiger charge is -2.43. The van der Waals surface area contributed by atoms with Gasteiger partial charge >= 0.3 is 18.0 Å². The standard InChI is InChI=1S/C28H31F8N3O4S2/c1-44(40,41)39-12-9-20(10-13-39)37-15-17-8-11-25(45(42,43)21-5-3-19(29)4-6-21)22-7-2-18(14-24(22)38-16-23(17)25)26(30,27(31,32)33)28(34,35)36/h2-7,14,17,20,23,37-38H,8-13,15-16H2,1H3/t17?,23-,25+/m0/s1. The van der Waals surface area contributed by atoms with Crippen LogP contribution >= 0.6 is 0 Å². The normalized spacial score (nSPS) is 25.4. The van der Waals surface area contributed by atoms with Crippen LogP contribution in [0.15, 0.2) is 47.4 Å². The third kappa shape index (κ3) is 5.60. The molecule has 3 aliphatic rings. The summed E-state index contributed by atoms with van der Waals surface area (Å²) >= 11 is 0. The maximum Gasteiger partial charge on any atom is 0.435 e. The molecular weight excluding hydrogens is 658 g/mol. The topological polar surface area (TPSA) is 95.6 Å². The zero-order chi connectivity index (χ0) is 33.2. The van der Waals surface area contributed by atoms with Gasteiger partial charge in [-0.3, -0.25) is 0 Å². The summed E-state index contributed by atoms with van der Waals surface area (Å²) in [6, 6.07) is 5.41. The van der Waals surface area contributed by atoms with Gasteiger partial charge in [-0.05, 0) is 74.0 Å². The Balaban J connectivity index is 1.52. The molecule has 45 heavy (non-hydrogen) atoms. The lowest BCUT2D eigenvalue weighted by molar-refractivity contribution is -0.348. The van der Waals surface area contributed by atoms with Crippen molar-refractivity contribution < 1.29 is 52.0 Å². The molecule has 250 valence electrons. The molecule has 2 aromatic carbocycles. The SMILES string of the molecule is CS(=O)(=O)N1CCC(NCC2CC[C@@]3(S(=O)(=O)c4ccc(F)cc4)c4ccc(C(F)(C(F)(F)F)C(F)(F)F)cc4NC[C@@H]23)CC1. The summed E-state index contributed by atoms with van der Waals surface area (Å²) in [6.45, 7) is 0.750. The molecule has 5 rings (SSSR count). The molecule has 7 nitrogen and oxygen atoms in total. The predicted molar refractivity (Wildman–Crippen MR) is 149 cm³/mol. The number of hydrogen-bond acceptors (Lipinski definition) is 6. The van der Waals surface area contributed by atoms with Crippen molar-refractivity contribution in [3.63, 3.8) is 0 Å². The number of hydrogen-bond donors (Lipinski definition) is 2. The van der Waals surface area contributed by atoms with E-state index in [1.165, 1.54) is 4.31 Å². The lowest BCUT2D eigenvalue weighted by Crippen LogP contribution is -2.51. The Morgan fingerprint density at radius 2 is 1.51 bits per heavy atom. The van der Waals surface area contributed by atoms with Crippen molar-refractivity contribution in [1.29, 1.82) is 0 Å². The maximum absolute atomic E-state index is 15.0. The van der Waals surface area contributed by atoms with Crippen molar-refractivity contribution in [3.05, 3.63) is 59.4 Å². The van der Waals surface area contributed by atoms with E-state index in [0.29, 0.717) is 51.0 Å². The minimum absolute atomic E-state index is 0.0520. The van der Waals surface area contributed by atoms with Gasteiger partial charge in [0.2, 0.25) is 10.0 Å². The van der Waals surface area contributed by atoms with Crippen LogP contribution in [0, 0.1) is 17.7 Å². The number of sulfonamides is 1. The number of sulfone groups is 1. The molecule has 0 amide bonds. The van der Waals surface area contributed by atoms with Gasteiger partial charge in [-0.1, -0.05) is 12.1 Å². The second-order valence-electron chi connectivity index (χ2n) is 11.9. The molecular formula is C28H31F8N3O4S2. The summed E-state index contributed by atoms with van der Waals surface area (Å²) in [5, 5.41) is 6.15. The van der Waals surface area contributed by atoms with Crippen molar-refractivity contribution in [3.8, 4) is 0 Å². The first-order valence-electron chi connectivity index (χ1n) is 14.1. The highest BCUT2D eigenvalue weighted by Gasteiger charge is 2.74. The molecule has 1 aliphatic carbocycles. The van der Waals surface area contributed by atoms with Crippen LogP contribution in [0.1, 0.15) is 36.8 Å². The van der Waals surface area contributed by atoms with Crippen molar-refractivity contribution >= 4 is 25.5 Å². The summed E-state index contributed by atoms with van der Waals surface area (Å²) in [6.07, 6.45) is -10.3. The molecule has 0 bridgehead atoms. The number of piperidine rings is 1. The van der Waals surface area contributed by atoms with E-state index in [0.717, 1.165) is 36.6 Å². The van der Waals surface area contributed by atoms with Gasteiger partial charge in [-0.25, -0.2) is 29.9 Å². The molecule has 2 fully saturated rings. The van der Waals surface area contributed by atoms with Crippen LogP contribution in [0.4, 0.5) is 40.8 Å². The Morgan fingerprint density at radius 3 is 2.07 bits per heavy atom. The third-order valence-electron chi connectivity index (χ3n) is 9.42. The Kier molecular flexibility index (Phi) is 8.53. The fourth-order valence-corrected chi connectivity index (χ4v) is 10.4. The average Bonchev–Trinajstić information content (AvgIpc) is 3.35. The van der Waals surface area contributed by atoms with Gasteiger partial charge in [-0.2, -0.15) is 26.3 Å². The quantitative estimate of drug-likeness (QED) is 0.305. The number of alkyl halides is 7. The van der Waals surface area contributed by atoms with Gasteiger partial charge in [0, 0.05) is 42.8 Å². The van der Waals surface area contributed by atoms with E-state index >= 15 is 0 Å². The zero-order valence-corrected chi connectivity index (χ0v) is 25.5. The Labute approximate surface area is 255 Å². The molecule has 0 aromatic heterocycles. The molecule has 1 saturated heterocycles. The van der Waals surface area contributed by atoms with Gasteiger partial charge < -0.3 is 10.6 Å². The van der Waals surface area contributed by atoms with E-state index in [1.54, 1.807) is 0 Å². The van der Waals surface area contributed by atoms with E-state index in [-0.39, 0.29) is 41.1 Å². The van der Waals surface area contributed by atoms with E-state index in [4.69, 9.17) is 0 Å². The van der Waals surface area contributed by atoms with Crippen molar-refractivity contribution in [2.45, 2.75) is 59.4 Å². The monoisotopic (exact) mass is 689 g/mol. The van der Waals surface area contributed by atoms with E-state index in [2.05, 4.69) is 10.6 Å². The number of rotatable bonds is 7. The van der Waals surface area contributed by atoms with Gasteiger partial charge in [0.25, 0.3) is 0 Å². The highest BCUT2D eigenvalue weighted by Crippen LogP contribution is 2.60. The van der Waals surface area contributed by atoms with E-state index in [9.17, 15) is 52.0 Å². The molecule has 2 aromatic rings. The Hall–Kier alpha value is -2.50. The first-order chi connectivity index (χ1) is 20.7. The minimum atomic E-state index is -6.35. The molecule has 2 heterocycles. The fourth-order valence-electron chi connectivity index (χ4n) is 7.07. The summed E-state index contributed by atoms with van der Waals surface area (Å²) in [4.78, 5) is -0.280. The van der Waals surface area contributed by atoms with Crippen molar-refractivity contribution in [2.75, 3.05) is 37.8 Å². The second kappa shape index (κ2) is 11.3. The van der Waals surface area contributed by atoms with Gasteiger partial charge in [-0.15, -0.1) is 0 Å². The van der Waals surface area contributed by atoms with Gasteiger partial charge in [0.15, 0.2) is 9.84 Å². The minimum Gasteiger partial charge on any atom is -0.384 e. The number of halogens is 8. The second-order valence-corrected chi connectivity index (χ2v) is 16.1. The van der Waals surface area contributed by atoms with Crippen LogP contribution < -0.4 is 10.6 Å². The van der Waals surface area contributed by atoms with Gasteiger partial charge in [0.1, 0.15) is 10.6 Å². The summed E-state index contributed by atoms with van der Waals surface area (Å²) < 4.78 is 162. The fraction of sp³-hybridized carbons (Fsp3) is 0.571. The molecule has 0 spiro atoms. The Bertz CT molecular complexity index is 1630. The molecule has 2 N–H and O–H groups in total. The van der Waals surface area contributed by atoms with Crippen LogP contribution in [0.2, 0.25) is 0 Å². The first kappa shape index (κ1) is 33.9. The number of fused-ring (bicyclic) bond motifs is 3. The molecule has 2 aliphatic heterocycles. The number of anilines is 1. The highest BCUT2D eigenvalue weighted by atomic mass is 32.2. The van der Waals surface area contributed by atoms with Crippen molar-refractivity contribution in [2.24, 2.45) is 11.8 Å². The highest BCUT2D eigenvalue weighted by molar-refractivity contribution is 7.92.